The van der Waals surface area contributed by atoms with Crippen molar-refractivity contribution in [1.82, 2.24) is 0 Å². The fourth-order valence-corrected chi connectivity index (χ4v) is 3.40. The Morgan fingerprint density at radius 1 is 0.950 bits per heavy atom. The number of nitrogens with zero attached hydrogens (tertiary/aromatic N) is 1. The lowest BCUT2D eigenvalue weighted by molar-refractivity contribution is 0.404. The summed E-state index contributed by atoms with van der Waals surface area (Å²) in [4.78, 5) is 2.51. The van der Waals surface area contributed by atoms with Crippen LogP contribution in [0.3, 0.4) is 0 Å². The summed E-state index contributed by atoms with van der Waals surface area (Å²) in [6.07, 6.45) is 3.82. The van der Waals surface area contributed by atoms with Gasteiger partial charge in [-0.2, -0.15) is 0 Å². The smallest absolute Gasteiger partial charge is 0.0377 e. The minimum Gasteiger partial charge on any atom is -0.371 e. The molecule has 0 bridgehead atoms. The van der Waals surface area contributed by atoms with E-state index in [-0.39, 0.29) is 0 Å². The third-order valence-electron chi connectivity index (χ3n) is 4.16. The van der Waals surface area contributed by atoms with E-state index in [0.29, 0.717) is 0 Å². The lowest BCUT2D eigenvalue weighted by Crippen LogP contribution is -2.34. The predicted octanol–water partition coefficient (Wildman–Crippen LogP) is 4.91. The highest BCUT2D eigenvalue weighted by Gasteiger charge is 2.19. The molecule has 0 spiro atoms. The molecule has 0 amide bonds. The molecule has 20 heavy (non-hydrogen) atoms. The molecule has 0 aliphatic carbocycles. The molecule has 1 aliphatic rings. The largest absolute Gasteiger partial charge is 0.371 e. The maximum atomic E-state index is 3.56. The van der Waals surface area contributed by atoms with E-state index in [2.05, 4.69) is 75.4 Å². The minimum absolute atomic E-state index is 0.834. The normalized spacial score (nSPS) is 16.4. The van der Waals surface area contributed by atoms with Crippen molar-refractivity contribution >= 4 is 21.6 Å². The van der Waals surface area contributed by atoms with Gasteiger partial charge < -0.3 is 4.90 Å². The third-order valence-corrected chi connectivity index (χ3v) is 4.65. The molecule has 0 atom stereocenters. The monoisotopic (exact) mass is 329 g/mol. The van der Waals surface area contributed by atoms with Crippen LogP contribution in [0.2, 0.25) is 0 Å². The van der Waals surface area contributed by atoms with Gasteiger partial charge in [-0.15, -0.1) is 0 Å². The minimum atomic E-state index is 0.834. The highest BCUT2D eigenvalue weighted by molar-refractivity contribution is 9.10. The van der Waals surface area contributed by atoms with Gasteiger partial charge in [0.1, 0.15) is 0 Å². The quantitative estimate of drug-likeness (QED) is 0.773. The molecular weight excluding hydrogens is 310 g/mol. The van der Waals surface area contributed by atoms with Crippen molar-refractivity contribution in [1.29, 1.82) is 0 Å². The van der Waals surface area contributed by atoms with Crippen LogP contribution in [0.15, 0.2) is 59.1 Å². The second-order valence-corrected chi connectivity index (χ2v) is 6.52. The van der Waals surface area contributed by atoms with Crippen LogP contribution in [0, 0.1) is 5.92 Å². The van der Waals surface area contributed by atoms with Crippen LogP contribution in [-0.4, -0.2) is 13.1 Å². The van der Waals surface area contributed by atoms with Crippen molar-refractivity contribution in [3.63, 3.8) is 0 Å². The van der Waals surface area contributed by atoms with E-state index >= 15 is 0 Å². The maximum absolute atomic E-state index is 3.56. The van der Waals surface area contributed by atoms with E-state index in [9.17, 15) is 0 Å². The molecule has 0 unspecified atom stereocenters. The van der Waals surface area contributed by atoms with Gasteiger partial charge in [-0.05, 0) is 48.9 Å². The van der Waals surface area contributed by atoms with Crippen molar-refractivity contribution in [3.8, 4) is 0 Å². The van der Waals surface area contributed by atoms with Gasteiger partial charge in [-0.3, -0.25) is 0 Å². The van der Waals surface area contributed by atoms with Crippen LogP contribution in [0.1, 0.15) is 18.4 Å². The van der Waals surface area contributed by atoms with Crippen LogP contribution < -0.4 is 4.90 Å². The molecule has 2 aromatic carbocycles. The Hall–Kier alpha value is -1.28. The molecule has 1 saturated heterocycles. The number of benzene rings is 2. The Labute approximate surface area is 129 Å². The second kappa shape index (κ2) is 6.45. The first-order chi connectivity index (χ1) is 9.81. The summed E-state index contributed by atoms with van der Waals surface area (Å²) >= 11 is 3.56. The molecule has 104 valence electrons. The molecule has 1 aliphatic heterocycles. The van der Waals surface area contributed by atoms with E-state index in [1.54, 1.807) is 0 Å². The summed E-state index contributed by atoms with van der Waals surface area (Å²) in [5.74, 6) is 0.834. The van der Waals surface area contributed by atoms with E-state index in [1.165, 1.54) is 48.1 Å². The van der Waals surface area contributed by atoms with Crippen LogP contribution >= 0.6 is 15.9 Å². The Morgan fingerprint density at radius 2 is 1.70 bits per heavy atom. The average molecular weight is 330 g/mol. The Balaban J connectivity index is 1.57. The van der Waals surface area contributed by atoms with E-state index < -0.39 is 0 Å². The van der Waals surface area contributed by atoms with Crippen molar-refractivity contribution in [2.24, 2.45) is 5.92 Å². The zero-order chi connectivity index (χ0) is 13.8. The van der Waals surface area contributed by atoms with E-state index in [0.717, 1.165) is 5.92 Å². The molecule has 0 N–H and O–H groups in total. The summed E-state index contributed by atoms with van der Waals surface area (Å²) in [5.41, 5.74) is 2.82. The van der Waals surface area contributed by atoms with Crippen LogP contribution in [0.25, 0.3) is 0 Å². The number of hydrogen-bond donors (Lipinski definition) is 0. The Bertz CT molecular complexity index is 544. The van der Waals surface area contributed by atoms with Gasteiger partial charge in [0.2, 0.25) is 0 Å². The number of piperidine rings is 1. The lowest BCUT2D eigenvalue weighted by atomic mass is 9.90. The highest BCUT2D eigenvalue weighted by atomic mass is 79.9. The third kappa shape index (κ3) is 3.43. The number of hydrogen-bond acceptors (Lipinski definition) is 1. The van der Waals surface area contributed by atoms with Gasteiger partial charge in [0.05, 0.1) is 0 Å². The molecular formula is C18H20BrN. The molecule has 2 heteroatoms. The SMILES string of the molecule is Brc1cccc(N2CCC(Cc3ccccc3)CC2)c1. The van der Waals surface area contributed by atoms with Crippen molar-refractivity contribution < 1.29 is 0 Å². The summed E-state index contributed by atoms with van der Waals surface area (Å²) < 4.78 is 1.17. The fourth-order valence-electron chi connectivity index (χ4n) is 3.02. The van der Waals surface area contributed by atoms with Crippen molar-refractivity contribution in [3.05, 3.63) is 64.6 Å². The molecule has 2 aromatic rings. The van der Waals surface area contributed by atoms with Gasteiger partial charge in [0, 0.05) is 23.2 Å². The van der Waals surface area contributed by atoms with Gasteiger partial charge in [0.15, 0.2) is 0 Å². The van der Waals surface area contributed by atoms with Gasteiger partial charge >= 0.3 is 0 Å². The van der Waals surface area contributed by atoms with Gasteiger partial charge in [0.25, 0.3) is 0 Å². The molecule has 1 heterocycles. The molecule has 1 nitrogen and oxygen atoms in total. The number of halogens is 1. The molecule has 1 fully saturated rings. The predicted molar refractivity (Wildman–Crippen MR) is 89.2 cm³/mol. The van der Waals surface area contributed by atoms with Gasteiger partial charge in [-0.1, -0.05) is 52.3 Å². The standard InChI is InChI=1S/C18H20BrN/c19-17-7-4-8-18(14-17)20-11-9-16(10-12-20)13-15-5-2-1-3-6-15/h1-8,14,16H,9-13H2. The molecule has 0 aromatic heterocycles. The summed E-state index contributed by atoms with van der Waals surface area (Å²) in [7, 11) is 0. The van der Waals surface area contributed by atoms with Crippen LogP contribution in [-0.2, 0) is 6.42 Å². The zero-order valence-electron chi connectivity index (χ0n) is 11.6. The van der Waals surface area contributed by atoms with Crippen molar-refractivity contribution in [2.75, 3.05) is 18.0 Å². The summed E-state index contributed by atoms with van der Waals surface area (Å²) in [6.45, 7) is 2.35. The van der Waals surface area contributed by atoms with Crippen LogP contribution in [0.5, 0.6) is 0 Å². The zero-order valence-corrected chi connectivity index (χ0v) is 13.2. The molecule has 0 saturated carbocycles. The van der Waals surface area contributed by atoms with Crippen molar-refractivity contribution in [2.45, 2.75) is 19.3 Å². The lowest BCUT2D eigenvalue weighted by Gasteiger charge is -2.33. The molecule has 3 rings (SSSR count). The first-order valence-electron chi connectivity index (χ1n) is 7.36. The average Bonchev–Trinajstić information content (AvgIpc) is 2.49. The summed E-state index contributed by atoms with van der Waals surface area (Å²) in [6, 6.07) is 19.5. The second-order valence-electron chi connectivity index (χ2n) is 5.60. The Kier molecular flexibility index (Phi) is 4.41. The fraction of sp³-hybridized carbons (Fsp3) is 0.333. The number of anilines is 1. The number of rotatable bonds is 3. The van der Waals surface area contributed by atoms with E-state index in [4.69, 9.17) is 0 Å². The topological polar surface area (TPSA) is 3.24 Å². The molecule has 0 radical (unpaired) electrons. The first-order valence-corrected chi connectivity index (χ1v) is 8.15. The van der Waals surface area contributed by atoms with Crippen LogP contribution in [0.4, 0.5) is 5.69 Å². The Morgan fingerprint density at radius 3 is 2.40 bits per heavy atom. The van der Waals surface area contributed by atoms with Gasteiger partial charge in [-0.25, -0.2) is 0 Å². The van der Waals surface area contributed by atoms with E-state index in [1.807, 2.05) is 0 Å². The maximum Gasteiger partial charge on any atom is 0.0377 e. The summed E-state index contributed by atoms with van der Waals surface area (Å²) in [5, 5.41) is 0. The first kappa shape index (κ1) is 13.7. The highest BCUT2D eigenvalue weighted by Crippen LogP contribution is 2.27.